The van der Waals surface area contributed by atoms with Gasteiger partial charge in [-0.3, -0.25) is 9.59 Å². The maximum absolute atomic E-state index is 11.7. The van der Waals surface area contributed by atoms with Crippen LogP contribution in [-0.4, -0.2) is 36.3 Å². The zero-order valence-electron chi connectivity index (χ0n) is 11.4. The van der Waals surface area contributed by atoms with Crippen LogP contribution in [-0.2, 0) is 9.59 Å². The predicted octanol–water partition coefficient (Wildman–Crippen LogP) is 2.06. The van der Waals surface area contributed by atoms with E-state index in [1.54, 1.807) is 6.08 Å². The molecule has 0 bridgehead atoms. The molecule has 0 unspecified atom stereocenters. The highest BCUT2D eigenvalue weighted by Gasteiger charge is 2.21. The zero-order valence-corrected chi connectivity index (χ0v) is 11.4. The molecule has 2 amide bonds. The van der Waals surface area contributed by atoms with Crippen LogP contribution in [0.3, 0.4) is 0 Å². The summed E-state index contributed by atoms with van der Waals surface area (Å²) in [5.74, 6) is 0.274. The van der Waals surface area contributed by atoms with Crippen molar-refractivity contribution in [1.82, 2.24) is 4.90 Å². The lowest BCUT2D eigenvalue weighted by molar-refractivity contribution is -0.129. The molecule has 2 heterocycles. The maximum Gasteiger partial charge on any atom is 0.246 e. The van der Waals surface area contributed by atoms with Gasteiger partial charge in [0.25, 0.3) is 0 Å². The van der Waals surface area contributed by atoms with Crippen LogP contribution in [0.2, 0.25) is 0 Å². The van der Waals surface area contributed by atoms with Gasteiger partial charge in [0.05, 0.1) is 0 Å². The molecular weight excluding hydrogens is 252 g/mol. The van der Waals surface area contributed by atoms with Crippen LogP contribution >= 0.6 is 0 Å². The highest BCUT2D eigenvalue weighted by Crippen LogP contribution is 2.22. The molecule has 1 aromatic rings. The molecule has 0 aliphatic carbocycles. The number of anilines is 1. The number of likely N-dealkylation sites (tertiary alicyclic amines) is 1. The Kier molecular flexibility index (Phi) is 3.54. The largest absolute Gasteiger partial charge is 0.339 e. The van der Waals surface area contributed by atoms with E-state index in [0.717, 1.165) is 43.7 Å². The van der Waals surface area contributed by atoms with E-state index in [1.165, 1.54) is 0 Å². The summed E-state index contributed by atoms with van der Waals surface area (Å²) in [7, 11) is 0. The number of hydrogen-bond donors (Lipinski definition) is 0. The van der Waals surface area contributed by atoms with Gasteiger partial charge in [-0.1, -0.05) is 12.1 Å². The van der Waals surface area contributed by atoms with Crippen molar-refractivity contribution in [2.45, 2.75) is 19.3 Å². The molecule has 4 nitrogen and oxygen atoms in total. The first kappa shape index (κ1) is 12.9. The minimum Gasteiger partial charge on any atom is -0.339 e. The van der Waals surface area contributed by atoms with Crippen LogP contribution in [0, 0.1) is 0 Å². The van der Waals surface area contributed by atoms with Crippen molar-refractivity contribution >= 4 is 23.6 Å². The minimum absolute atomic E-state index is 0.0787. The molecule has 0 spiro atoms. The van der Waals surface area contributed by atoms with Crippen molar-refractivity contribution in [1.29, 1.82) is 0 Å². The molecule has 0 aromatic heterocycles. The number of rotatable bonds is 3. The topological polar surface area (TPSA) is 40.6 Å². The third-order valence-electron chi connectivity index (χ3n) is 3.86. The molecule has 2 aliphatic rings. The molecule has 2 saturated heterocycles. The Morgan fingerprint density at radius 3 is 2.35 bits per heavy atom. The Hall–Kier alpha value is -2.10. The van der Waals surface area contributed by atoms with Crippen LogP contribution in [0.5, 0.6) is 0 Å². The molecule has 2 aliphatic heterocycles. The van der Waals surface area contributed by atoms with Gasteiger partial charge in [0.15, 0.2) is 0 Å². The van der Waals surface area contributed by atoms with Crippen molar-refractivity contribution in [3.8, 4) is 0 Å². The molecule has 0 radical (unpaired) electrons. The maximum atomic E-state index is 11.7. The fourth-order valence-corrected chi connectivity index (χ4v) is 2.50. The number of benzene rings is 1. The van der Waals surface area contributed by atoms with E-state index in [9.17, 15) is 9.59 Å². The van der Waals surface area contributed by atoms with E-state index in [-0.39, 0.29) is 11.8 Å². The lowest BCUT2D eigenvalue weighted by Crippen LogP contribution is -2.40. The van der Waals surface area contributed by atoms with E-state index in [2.05, 4.69) is 0 Å². The quantitative estimate of drug-likeness (QED) is 0.789. The molecule has 0 atom stereocenters. The van der Waals surface area contributed by atoms with Gasteiger partial charge in [0.1, 0.15) is 0 Å². The predicted molar refractivity (Wildman–Crippen MR) is 78.3 cm³/mol. The average Bonchev–Trinajstić information content (AvgIpc) is 2.81. The molecule has 4 heteroatoms. The summed E-state index contributed by atoms with van der Waals surface area (Å²) in [4.78, 5) is 27.0. The Labute approximate surface area is 118 Å². The summed E-state index contributed by atoms with van der Waals surface area (Å²) in [6.07, 6.45) is 6.14. The van der Waals surface area contributed by atoms with E-state index < -0.39 is 0 Å². The standard InChI is InChI=1S/C16H18N2O2/c19-15(17-10-2-11-17)9-6-13-4-7-14(8-5-13)18-12-1-3-16(18)20/h4-9H,1-3,10-12H2/b9-6+. The second kappa shape index (κ2) is 5.49. The SMILES string of the molecule is O=C(/C=C/c1ccc(N2CCCC2=O)cc1)N1CCC1. The highest BCUT2D eigenvalue weighted by atomic mass is 16.2. The normalized spacial score (nSPS) is 18.7. The number of hydrogen-bond acceptors (Lipinski definition) is 2. The van der Waals surface area contributed by atoms with Gasteiger partial charge in [-0.25, -0.2) is 0 Å². The van der Waals surface area contributed by atoms with Crippen molar-refractivity contribution < 1.29 is 9.59 Å². The molecule has 1 aromatic carbocycles. The van der Waals surface area contributed by atoms with Crippen LogP contribution in [0.4, 0.5) is 5.69 Å². The summed E-state index contributed by atoms with van der Waals surface area (Å²) in [6, 6.07) is 7.77. The van der Waals surface area contributed by atoms with Gasteiger partial charge in [-0.2, -0.15) is 0 Å². The monoisotopic (exact) mass is 270 g/mol. The van der Waals surface area contributed by atoms with E-state index >= 15 is 0 Å². The fourth-order valence-electron chi connectivity index (χ4n) is 2.50. The lowest BCUT2D eigenvalue weighted by Gasteiger charge is -2.29. The summed E-state index contributed by atoms with van der Waals surface area (Å²) in [6.45, 7) is 2.56. The minimum atomic E-state index is 0.0787. The number of nitrogens with zero attached hydrogens (tertiary/aromatic N) is 2. The van der Waals surface area contributed by atoms with Crippen molar-refractivity contribution in [3.63, 3.8) is 0 Å². The number of carbonyl (C=O) groups is 2. The molecular formula is C16H18N2O2. The lowest BCUT2D eigenvalue weighted by atomic mass is 10.1. The van der Waals surface area contributed by atoms with E-state index in [0.29, 0.717) is 6.42 Å². The van der Waals surface area contributed by atoms with Gasteiger partial charge >= 0.3 is 0 Å². The van der Waals surface area contributed by atoms with Crippen LogP contribution in [0.25, 0.3) is 6.08 Å². The van der Waals surface area contributed by atoms with Crippen molar-refractivity contribution in [2.75, 3.05) is 24.5 Å². The fraction of sp³-hybridized carbons (Fsp3) is 0.375. The average molecular weight is 270 g/mol. The van der Waals surface area contributed by atoms with Gasteiger partial charge in [-0.05, 0) is 36.6 Å². The van der Waals surface area contributed by atoms with Gasteiger partial charge in [0, 0.05) is 37.8 Å². The first-order chi connectivity index (χ1) is 9.74. The summed E-state index contributed by atoms with van der Waals surface area (Å²) < 4.78 is 0. The van der Waals surface area contributed by atoms with Gasteiger partial charge < -0.3 is 9.80 Å². The smallest absolute Gasteiger partial charge is 0.246 e. The summed E-state index contributed by atoms with van der Waals surface area (Å²) in [5.41, 5.74) is 1.92. The Bertz CT molecular complexity index is 544. The molecule has 104 valence electrons. The van der Waals surface area contributed by atoms with Gasteiger partial charge in [0.2, 0.25) is 11.8 Å². The van der Waals surface area contributed by atoms with Crippen LogP contribution in [0.15, 0.2) is 30.3 Å². The number of amides is 2. The molecule has 20 heavy (non-hydrogen) atoms. The van der Waals surface area contributed by atoms with Crippen LogP contribution in [0.1, 0.15) is 24.8 Å². The first-order valence-corrected chi connectivity index (χ1v) is 7.11. The van der Waals surface area contributed by atoms with Crippen LogP contribution < -0.4 is 4.90 Å². The Balaban J connectivity index is 1.65. The van der Waals surface area contributed by atoms with Crippen molar-refractivity contribution in [3.05, 3.63) is 35.9 Å². The molecule has 0 N–H and O–H groups in total. The third-order valence-corrected chi connectivity index (χ3v) is 3.86. The Morgan fingerprint density at radius 1 is 1.05 bits per heavy atom. The zero-order chi connectivity index (χ0) is 13.9. The number of carbonyl (C=O) groups excluding carboxylic acids is 2. The molecule has 2 fully saturated rings. The van der Waals surface area contributed by atoms with Gasteiger partial charge in [-0.15, -0.1) is 0 Å². The first-order valence-electron chi connectivity index (χ1n) is 7.11. The van der Waals surface area contributed by atoms with E-state index in [4.69, 9.17) is 0 Å². The second-order valence-electron chi connectivity index (χ2n) is 5.25. The molecule has 3 rings (SSSR count). The third kappa shape index (κ3) is 2.59. The summed E-state index contributed by atoms with van der Waals surface area (Å²) in [5, 5.41) is 0. The molecule has 0 saturated carbocycles. The highest BCUT2D eigenvalue weighted by molar-refractivity contribution is 5.95. The Morgan fingerprint density at radius 2 is 1.80 bits per heavy atom. The second-order valence-corrected chi connectivity index (χ2v) is 5.25. The van der Waals surface area contributed by atoms with E-state index in [1.807, 2.05) is 40.1 Å². The summed E-state index contributed by atoms with van der Waals surface area (Å²) >= 11 is 0. The van der Waals surface area contributed by atoms with Crippen molar-refractivity contribution in [2.24, 2.45) is 0 Å².